The van der Waals surface area contributed by atoms with Gasteiger partial charge in [-0.15, -0.1) is 0 Å². The fourth-order valence-corrected chi connectivity index (χ4v) is 1.02. The Morgan fingerprint density at radius 3 is 2.60 bits per heavy atom. The smallest absolute Gasteiger partial charge is 0.0518 e. The summed E-state index contributed by atoms with van der Waals surface area (Å²) in [7, 11) is 0. The molecular formula is C8H17NO. The zero-order valence-electron chi connectivity index (χ0n) is 6.89. The molecule has 2 nitrogen and oxygen atoms in total. The number of ether oxygens (including phenoxy) is 1. The molecule has 1 fully saturated rings. The summed E-state index contributed by atoms with van der Waals surface area (Å²) in [5, 5.41) is 3.24. The average molecular weight is 143 g/mol. The highest BCUT2D eigenvalue weighted by molar-refractivity contribution is 4.73. The maximum absolute atomic E-state index is 5.42. The minimum absolute atomic E-state index is 0.396. The summed E-state index contributed by atoms with van der Waals surface area (Å²) in [4.78, 5) is 0. The van der Waals surface area contributed by atoms with Gasteiger partial charge in [0.15, 0.2) is 0 Å². The molecule has 0 bridgehead atoms. The van der Waals surface area contributed by atoms with Gasteiger partial charge in [0.25, 0.3) is 0 Å². The maximum Gasteiger partial charge on any atom is 0.0518 e. The van der Waals surface area contributed by atoms with Crippen LogP contribution < -0.4 is 5.32 Å². The van der Waals surface area contributed by atoms with Gasteiger partial charge < -0.3 is 10.1 Å². The van der Waals surface area contributed by atoms with Crippen molar-refractivity contribution in [3.63, 3.8) is 0 Å². The zero-order chi connectivity index (χ0) is 7.40. The first-order valence-electron chi connectivity index (χ1n) is 4.11. The van der Waals surface area contributed by atoms with Gasteiger partial charge in [-0.1, -0.05) is 0 Å². The molecule has 1 saturated heterocycles. The number of hydrogen-bond donors (Lipinski definition) is 1. The van der Waals surface area contributed by atoms with Crippen LogP contribution in [0.4, 0.5) is 0 Å². The second-order valence-corrected chi connectivity index (χ2v) is 3.23. The third-order valence-electron chi connectivity index (χ3n) is 1.84. The van der Waals surface area contributed by atoms with Crippen molar-refractivity contribution in [1.82, 2.24) is 5.32 Å². The van der Waals surface area contributed by atoms with Gasteiger partial charge in [0.1, 0.15) is 0 Å². The van der Waals surface area contributed by atoms with Crippen LogP contribution in [-0.2, 0) is 4.74 Å². The highest BCUT2D eigenvalue weighted by Crippen LogP contribution is 2.08. The van der Waals surface area contributed by atoms with Gasteiger partial charge in [0.05, 0.1) is 6.10 Å². The van der Waals surface area contributed by atoms with E-state index in [1.807, 2.05) is 0 Å². The predicted octanol–water partition coefficient (Wildman–Crippen LogP) is 1.02. The minimum atomic E-state index is 0.396. The third kappa shape index (κ3) is 2.67. The molecule has 0 atom stereocenters. The van der Waals surface area contributed by atoms with Crippen LogP contribution in [0.3, 0.4) is 0 Å². The molecule has 0 spiro atoms. The Balaban J connectivity index is 1.85. The molecule has 60 valence electrons. The molecule has 1 aliphatic heterocycles. The molecule has 0 radical (unpaired) electrons. The van der Waals surface area contributed by atoms with E-state index in [4.69, 9.17) is 4.74 Å². The number of nitrogens with one attached hydrogen (secondary N) is 1. The van der Waals surface area contributed by atoms with Gasteiger partial charge >= 0.3 is 0 Å². The highest BCUT2D eigenvalue weighted by Gasteiger charge is 2.15. The second kappa shape index (κ2) is 3.94. The van der Waals surface area contributed by atoms with Crippen molar-refractivity contribution in [1.29, 1.82) is 0 Å². The molecule has 0 aromatic carbocycles. The summed E-state index contributed by atoms with van der Waals surface area (Å²) in [5.74, 6) is 0.888. The zero-order valence-corrected chi connectivity index (χ0v) is 6.89. The van der Waals surface area contributed by atoms with Gasteiger partial charge in [-0.3, -0.25) is 0 Å². The van der Waals surface area contributed by atoms with E-state index in [1.165, 1.54) is 19.5 Å². The van der Waals surface area contributed by atoms with Gasteiger partial charge in [-0.25, -0.2) is 0 Å². The van der Waals surface area contributed by atoms with E-state index < -0.39 is 0 Å². The van der Waals surface area contributed by atoms with E-state index in [0.29, 0.717) is 6.10 Å². The largest absolute Gasteiger partial charge is 0.379 e. The van der Waals surface area contributed by atoms with E-state index in [1.54, 1.807) is 0 Å². The summed E-state index contributed by atoms with van der Waals surface area (Å²) in [6, 6.07) is 0. The van der Waals surface area contributed by atoms with Crippen LogP contribution in [0.25, 0.3) is 0 Å². The molecule has 0 aromatic heterocycles. The molecule has 1 N–H and O–H groups in total. The maximum atomic E-state index is 5.42. The highest BCUT2D eigenvalue weighted by atomic mass is 16.5. The molecule has 10 heavy (non-hydrogen) atoms. The second-order valence-electron chi connectivity index (χ2n) is 3.23. The Kier molecular flexibility index (Phi) is 3.16. The van der Waals surface area contributed by atoms with E-state index in [2.05, 4.69) is 19.2 Å². The molecule has 1 aliphatic rings. The van der Waals surface area contributed by atoms with Crippen molar-refractivity contribution in [3.05, 3.63) is 0 Å². The van der Waals surface area contributed by atoms with E-state index in [9.17, 15) is 0 Å². The van der Waals surface area contributed by atoms with Crippen LogP contribution in [0.15, 0.2) is 0 Å². The minimum Gasteiger partial charge on any atom is -0.379 e. The molecule has 1 rings (SSSR count). The predicted molar refractivity (Wildman–Crippen MR) is 42.1 cm³/mol. The quantitative estimate of drug-likeness (QED) is 0.634. The first-order chi connectivity index (χ1) is 4.79. The Morgan fingerprint density at radius 2 is 2.20 bits per heavy atom. The van der Waals surface area contributed by atoms with Crippen LogP contribution >= 0.6 is 0 Å². The molecular weight excluding hydrogens is 126 g/mol. The van der Waals surface area contributed by atoms with Crippen LogP contribution in [0, 0.1) is 5.92 Å². The van der Waals surface area contributed by atoms with Gasteiger partial charge in [-0.05, 0) is 39.3 Å². The topological polar surface area (TPSA) is 21.3 Å². The van der Waals surface area contributed by atoms with Crippen LogP contribution in [0.2, 0.25) is 0 Å². The lowest BCUT2D eigenvalue weighted by atomic mass is 10.0. The van der Waals surface area contributed by atoms with E-state index in [0.717, 1.165) is 12.5 Å². The normalized spacial score (nSPS) is 19.5. The Bertz CT molecular complexity index is 89.3. The summed E-state index contributed by atoms with van der Waals surface area (Å²) >= 11 is 0. The average Bonchev–Trinajstić information content (AvgIpc) is 1.75. The summed E-state index contributed by atoms with van der Waals surface area (Å²) in [5.41, 5.74) is 0. The lowest BCUT2D eigenvalue weighted by Gasteiger charge is -2.27. The van der Waals surface area contributed by atoms with Gasteiger partial charge in [0, 0.05) is 6.61 Å². The van der Waals surface area contributed by atoms with Crippen LogP contribution in [-0.4, -0.2) is 25.8 Å². The lowest BCUT2D eigenvalue weighted by molar-refractivity contribution is 0.0632. The first kappa shape index (κ1) is 8.02. The Labute approximate surface area is 63.0 Å². The molecule has 0 saturated carbocycles. The molecule has 0 amide bonds. The first-order valence-corrected chi connectivity index (χ1v) is 4.11. The van der Waals surface area contributed by atoms with Crippen molar-refractivity contribution < 1.29 is 4.74 Å². The van der Waals surface area contributed by atoms with E-state index in [-0.39, 0.29) is 0 Å². The monoisotopic (exact) mass is 143 g/mol. The van der Waals surface area contributed by atoms with Crippen molar-refractivity contribution in [2.45, 2.75) is 26.4 Å². The van der Waals surface area contributed by atoms with Crippen molar-refractivity contribution in [2.75, 3.05) is 19.7 Å². The van der Waals surface area contributed by atoms with Gasteiger partial charge in [-0.2, -0.15) is 0 Å². The van der Waals surface area contributed by atoms with Crippen molar-refractivity contribution in [3.8, 4) is 0 Å². The van der Waals surface area contributed by atoms with E-state index >= 15 is 0 Å². The van der Waals surface area contributed by atoms with Crippen LogP contribution in [0.1, 0.15) is 20.3 Å². The number of rotatable bonds is 4. The number of hydrogen-bond acceptors (Lipinski definition) is 2. The van der Waals surface area contributed by atoms with Gasteiger partial charge in [0.2, 0.25) is 0 Å². The fourth-order valence-electron chi connectivity index (χ4n) is 1.02. The standard InChI is InChI=1S/C8H17NO/c1-7(2)10-4-3-8-5-9-6-8/h7-9H,3-6H2,1-2H3. The third-order valence-corrected chi connectivity index (χ3v) is 1.84. The van der Waals surface area contributed by atoms with Crippen molar-refractivity contribution >= 4 is 0 Å². The lowest BCUT2D eigenvalue weighted by Crippen LogP contribution is -2.42. The Hall–Kier alpha value is -0.0800. The molecule has 1 heterocycles. The summed E-state index contributed by atoms with van der Waals surface area (Å²) < 4.78 is 5.42. The molecule has 2 heteroatoms. The van der Waals surface area contributed by atoms with Crippen molar-refractivity contribution in [2.24, 2.45) is 5.92 Å². The Morgan fingerprint density at radius 1 is 1.50 bits per heavy atom. The summed E-state index contributed by atoms with van der Waals surface area (Å²) in [6.45, 7) is 7.49. The molecule has 0 aromatic rings. The fraction of sp³-hybridized carbons (Fsp3) is 1.00. The molecule has 0 unspecified atom stereocenters. The summed E-state index contributed by atoms with van der Waals surface area (Å²) in [6.07, 6.45) is 1.62. The molecule has 0 aliphatic carbocycles. The van der Waals surface area contributed by atoms with Crippen LogP contribution in [0.5, 0.6) is 0 Å². The SMILES string of the molecule is CC(C)OCCC1CNC1.